The highest BCUT2D eigenvalue weighted by molar-refractivity contribution is 7.13. The molecule has 92 valence electrons. The van der Waals surface area contributed by atoms with Gasteiger partial charge in [-0.15, -0.1) is 11.3 Å². The lowest BCUT2D eigenvalue weighted by molar-refractivity contribution is 0.0596. The molecule has 1 aromatic heterocycles. The van der Waals surface area contributed by atoms with Crippen molar-refractivity contribution in [1.29, 1.82) is 0 Å². The number of aromatic nitrogens is 1. The Kier molecular flexibility index (Phi) is 2.88. The Hall–Kier alpha value is -1.68. The van der Waals surface area contributed by atoms with Crippen LogP contribution in [-0.4, -0.2) is 18.1 Å². The summed E-state index contributed by atoms with van der Waals surface area (Å²) in [7, 11) is 1.38. The number of carbonyl (C=O) groups excluding carboxylic acids is 1. The Balaban J connectivity index is 2.01. The summed E-state index contributed by atoms with van der Waals surface area (Å²) < 4.78 is 4.75. The zero-order valence-electron chi connectivity index (χ0n) is 10.1. The number of methoxy groups -OCH3 is 1. The fourth-order valence-electron chi connectivity index (χ4n) is 2.04. The Labute approximate surface area is 109 Å². The molecule has 2 aromatic rings. The normalized spacial score (nSPS) is 14.5. The molecule has 0 N–H and O–H groups in total. The van der Waals surface area contributed by atoms with E-state index in [1.165, 1.54) is 36.9 Å². The molecule has 1 fully saturated rings. The van der Waals surface area contributed by atoms with Gasteiger partial charge in [0.1, 0.15) is 0 Å². The molecule has 1 saturated carbocycles. The third-order valence-corrected chi connectivity index (χ3v) is 4.02. The van der Waals surface area contributed by atoms with Crippen LogP contribution < -0.4 is 0 Å². The van der Waals surface area contributed by atoms with E-state index in [0.29, 0.717) is 11.6 Å². The number of hydrogen-bond donors (Lipinski definition) is 0. The number of carbonyl (C=O) groups is 1. The van der Waals surface area contributed by atoms with Gasteiger partial charge in [0.2, 0.25) is 0 Å². The average molecular weight is 259 g/mol. The molecular formula is C14H13NO2S. The molecule has 1 aliphatic carbocycles. The van der Waals surface area contributed by atoms with E-state index in [2.05, 4.69) is 17.1 Å². The van der Waals surface area contributed by atoms with Crippen molar-refractivity contribution in [2.24, 2.45) is 0 Å². The lowest BCUT2D eigenvalue weighted by atomic mass is 10.1. The molecular weight excluding hydrogens is 246 g/mol. The van der Waals surface area contributed by atoms with E-state index in [4.69, 9.17) is 4.74 Å². The maximum absolute atomic E-state index is 11.6. The zero-order chi connectivity index (χ0) is 12.5. The fraction of sp³-hybridized carbons (Fsp3) is 0.286. The smallest absolute Gasteiger partial charge is 0.358 e. The Morgan fingerprint density at radius 2 is 2.28 bits per heavy atom. The minimum Gasteiger partial charge on any atom is -0.464 e. The van der Waals surface area contributed by atoms with Crippen LogP contribution in [0.2, 0.25) is 0 Å². The monoisotopic (exact) mass is 259 g/mol. The van der Waals surface area contributed by atoms with Crippen molar-refractivity contribution in [2.75, 3.05) is 7.11 Å². The Morgan fingerprint density at radius 1 is 1.44 bits per heavy atom. The maximum Gasteiger partial charge on any atom is 0.358 e. The van der Waals surface area contributed by atoms with Crippen LogP contribution in [0, 0.1) is 0 Å². The van der Waals surface area contributed by atoms with E-state index in [9.17, 15) is 4.79 Å². The first kappa shape index (κ1) is 11.4. The predicted octanol–water partition coefficient (Wildman–Crippen LogP) is 3.47. The van der Waals surface area contributed by atoms with Gasteiger partial charge in [-0.25, -0.2) is 9.78 Å². The Bertz CT molecular complexity index is 587. The number of ether oxygens (including phenoxy) is 1. The molecule has 0 saturated heterocycles. The number of thiazole rings is 1. The van der Waals surface area contributed by atoms with Gasteiger partial charge in [-0.3, -0.25) is 0 Å². The minimum absolute atomic E-state index is 0.372. The average Bonchev–Trinajstić information content (AvgIpc) is 3.15. The summed E-state index contributed by atoms with van der Waals surface area (Å²) in [4.78, 5) is 16.6. The summed E-state index contributed by atoms with van der Waals surface area (Å²) in [6, 6.07) is 8.38. The van der Waals surface area contributed by atoms with Crippen molar-refractivity contribution < 1.29 is 9.53 Å². The molecule has 3 rings (SSSR count). The van der Waals surface area contributed by atoms with Crippen LogP contribution in [0.5, 0.6) is 0 Å². The summed E-state index contributed by atoms with van der Waals surface area (Å²) in [6.45, 7) is 0. The summed E-state index contributed by atoms with van der Waals surface area (Å²) in [5.41, 5.74) is 4.51. The molecule has 1 heterocycles. The number of nitrogens with zero attached hydrogens (tertiary/aromatic N) is 1. The molecule has 0 spiro atoms. The van der Waals surface area contributed by atoms with Gasteiger partial charge in [-0.1, -0.05) is 18.2 Å². The molecule has 0 unspecified atom stereocenters. The second-order valence-electron chi connectivity index (χ2n) is 4.42. The zero-order valence-corrected chi connectivity index (χ0v) is 10.9. The second-order valence-corrected chi connectivity index (χ2v) is 5.28. The van der Waals surface area contributed by atoms with Gasteiger partial charge >= 0.3 is 5.97 Å². The number of hydrogen-bond acceptors (Lipinski definition) is 4. The van der Waals surface area contributed by atoms with Gasteiger partial charge in [0.05, 0.1) is 17.5 Å². The minimum atomic E-state index is -0.372. The predicted molar refractivity (Wildman–Crippen MR) is 70.9 cm³/mol. The number of esters is 1. The molecule has 0 atom stereocenters. The third kappa shape index (κ3) is 2.04. The SMILES string of the molecule is COC(=O)c1ncsc1-c1cccc(C2CC2)c1. The molecule has 0 radical (unpaired) electrons. The molecule has 1 aromatic carbocycles. The lowest BCUT2D eigenvalue weighted by Gasteiger charge is -2.04. The van der Waals surface area contributed by atoms with Crippen molar-refractivity contribution in [3.8, 4) is 10.4 Å². The van der Waals surface area contributed by atoms with Crippen LogP contribution in [0.3, 0.4) is 0 Å². The highest BCUT2D eigenvalue weighted by Crippen LogP contribution is 2.41. The Morgan fingerprint density at radius 3 is 3.00 bits per heavy atom. The van der Waals surface area contributed by atoms with Gasteiger partial charge in [0, 0.05) is 0 Å². The quantitative estimate of drug-likeness (QED) is 0.792. The summed E-state index contributed by atoms with van der Waals surface area (Å²) in [5.74, 6) is 0.336. The standard InChI is InChI=1S/C14H13NO2S/c1-17-14(16)12-13(18-8-15-12)11-4-2-3-10(7-11)9-5-6-9/h2-4,7-9H,5-6H2,1H3. The highest BCUT2D eigenvalue weighted by atomic mass is 32.1. The molecule has 3 nitrogen and oxygen atoms in total. The number of benzene rings is 1. The first-order chi connectivity index (χ1) is 8.79. The van der Waals surface area contributed by atoms with Crippen molar-refractivity contribution in [1.82, 2.24) is 4.98 Å². The van der Waals surface area contributed by atoms with Gasteiger partial charge < -0.3 is 4.74 Å². The maximum atomic E-state index is 11.6. The fourth-order valence-corrected chi connectivity index (χ4v) is 2.82. The van der Waals surface area contributed by atoms with E-state index >= 15 is 0 Å². The van der Waals surface area contributed by atoms with Crippen LogP contribution in [0.25, 0.3) is 10.4 Å². The van der Waals surface area contributed by atoms with E-state index in [1.54, 1.807) is 5.51 Å². The molecule has 1 aliphatic rings. The van der Waals surface area contributed by atoms with Crippen LogP contribution in [-0.2, 0) is 4.74 Å². The van der Waals surface area contributed by atoms with Crippen LogP contribution in [0.15, 0.2) is 29.8 Å². The van der Waals surface area contributed by atoms with E-state index in [-0.39, 0.29) is 5.97 Å². The number of rotatable bonds is 3. The van der Waals surface area contributed by atoms with Crippen molar-refractivity contribution in [2.45, 2.75) is 18.8 Å². The molecule has 0 amide bonds. The summed E-state index contributed by atoms with van der Waals surface area (Å²) >= 11 is 1.48. The van der Waals surface area contributed by atoms with Crippen LogP contribution >= 0.6 is 11.3 Å². The van der Waals surface area contributed by atoms with E-state index < -0.39 is 0 Å². The molecule has 0 aliphatic heterocycles. The van der Waals surface area contributed by atoms with Crippen LogP contribution in [0.4, 0.5) is 0 Å². The lowest BCUT2D eigenvalue weighted by Crippen LogP contribution is -2.03. The summed E-state index contributed by atoms with van der Waals surface area (Å²) in [5, 5.41) is 0. The topological polar surface area (TPSA) is 39.2 Å². The summed E-state index contributed by atoms with van der Waals surface area (Å²) in [6.07, 6.45) is 2.55. The van der Waals surface area contributed by atoms with Gasteiger partial charge in [-0.05, 0) is 36.0 Å². The van der Waals surface area contributed by atoms with Crippen molar-refractivity contribution in [3.05, 3.63) is 41.0 Å². The van der Waals surface area contributed by atoms with E-state index in [0.717, 1.165) is 10.4 Å². The first-order valence-corrected chi connectivity index (χ1v) is 6.79. The largest absolute Gasteiger partial charge is 0.464 e. The van der Waals surface area contributed by atoms with Crippen LogP contribution in [0.1, 0.15) is 34.8 Å². The molecule has 4 heteroatoms. The third-order valence-electron chi connectivity index (χ3n) is 3.14. The first-order valence-electron chi connectivity index (χ1n) is 5.91. The van der Waals surface area contributed by atoms with Crippen molar-refractivity contribution in [3.63, 3.8) is 0 Å². The van der Waals surface area contributed by atoms with E-state index in [1.807, 2.05) is 12.1 Å². The highest BCUT2D eigenvalue weighted by Gasteiger charge is 2.24. The van der Waals surface area contributed by atoms with Gasteiger partial charge in [0.25, 0.3) is 0 Å². The molecule has 0 bridgehead atoms. The van der Waals surface area contributed by atoms with Crippen molar-refractivity contribution >= 4 is 17.3 Å². The second kappa shape index (κ2) is 4.53. The van der Waals surface area contributed by atoms with Gasteiger partial charge in [-0.2, -0.15) is 0 Å². The molecule has 18 heavy (non-hydrogen) atoms. The van der Waals surface area contributed by atoms with Gasteiger partial charge in [0.15, 0.2) is 5.69 Å².